The molecule has 4 rings (SSSR count). The van der Waals surface area contributed by atoms with Gasteiger partial charge in [-0.05, 0) is 36.8 Å². The number of amides is 1. The van der Waals surface area contributed by atoms with Crippen LogP contribution in [0.5, 0.6) is 0 Å². The van der Waals surface area contributed by atoms with Gasteiger partial charge >= 0.3 is 0 Å². The Labute approximate surface area is 143 Å². The van der Waals surface area contributed by atoms with Crippen LogP contribution in [-0.4, -0.2) is 24.5 Å². The minimum absolute atomic E-state index is 0.102. The molecule has 1 aliphatic heterocycles. The Morgan fingerprint density at radius 3 is 2.00 bits per heavy atom. The molecule has 0 spiro atoms. The van der Waals surface area contributed by atoms with E-state index in [9.17, 15) is 4.79 Å². The third kappa shape index (κ3) is 2.44. The molecule has 2 aromatic rings. The summed E-state index contributed by atoms with van der Waals surface area (Å²) in [6.07, 6.45) is 2.39. The van der Waals surface area contributed by atoms with Gasteiger partial charge in [-0.2, -0.15) is 0 Å². The van der Waals surface area contributed by atoms with Crippen molar-refractivity contribution in [2.45, 2.75) is 37.3 Å². The molecular weight excluding hydrogens is 296 g/mol. The van der Waals surface area contributed by atoms with Gasteiger partial charge in [0.2, 0.25) is 5.91 Å². The monoisotopic (exact) mass is 320 g/mol. The lowest BCUT2D eigenvalue weighted by atomic mass is 9.75. The van der Waals surface area contributed by atoms with Crippen molar-refractivity contribution in [1.29, 1.82) is 0 Å². The van der Waals surface area contributed by atoms with E-state index in [2.05, 4.69) is 10.6 Å². The highest BCUT2D eigenvalue weighted by molar-refractivity contribution is 5.92. The zero-order valence-electron chi connectivity index (χ0n) is 14.0. The summed E-state index contributed by atoms with van der Waals surface area (Å²) in [7, 11) is 0. The van der Waals surface area contributed by atoms with Gasteiger partial charge in [0.05, 0.1) is 5.41 Å². The van der Waals surface area contributed by atoms with Gasteiger partial charge in [0.1, 0.15) is 0 Å². The number of piperidine rings is 1. The van der Waals surface area contributed by atoms with Crippen LogP contribution in [0, 0.1) is 5.92 Å². The van der Waals surface area contributed by atoms with Crippen LogP contribution in [-0.2, 0) is 10.2 Å². The van der Waals surface area contributed by atoms with E-state index in [0.29, 0.717) is 12.0 Å². The van der Waals surface area contributed by atoms with E-state index in [1.807, 2.05) is 67.6 Å². The van der Waals surface area contributed by atoms with Crippen molar-refractivity contribution in [3.05, 3.63) is 71.8 Å². The minimum Gasteiger partial charge on any atom is -0.350 e. The van der Waals surface area contributed by atoms with Crippen LogP contribution in [0.2, 0.25) is 0 Å². The van der Waals surface area contributed by atoms with Crippen molar-refractivity contribution in [3.8, 4) is 0 Å². The van der Waals surface area contributed by atoms with E-state index in [1.54, 1.807) is 0 Å². The number of carbonyl (C=O) groups excluding carboxylic acids is 1. The normalized spacial score (nSPS) is 25.6. The van der Waals surface area contributed by atoms with E-state index in [1.165, 1.54) is 12.8 Å². The molecule has 2 aromatic carbocycles. The van der Waals surface area contributed by atoms with Gasteiger partial charge in [-0.15, -0.1) is 0 Å². The Balaban J connectivity index is 1.69. The first kappa shape index (κ1) is 15.4. The van der Waals surface area contributed by atoms with E-state index < -0.39 is 5.41 Å². The van der Waals surface area contributed by atoms with Crippen molar-refractivity contribution in [3.63, 3.8) is 0 Å². The third-order valence-corrected chi connectivity index (χ3v) is 5.89. The van der Waals surface area contributed by atoms with Crippen LogP contribution in [0.3, 0.4) is 0 Å². The highest BCUT2D eigenvalue weighted by Gasteiger charge is 2.45. The molecule has 3 atom stereocenters. The predicted octanol–water partition coefficient (Wildman–Crippen LogP) is 2.86. The molecule has 3 unspecified atom stereocenters. The quantitative estimate of drug-likeness (QED) is 0.909. The number of carbonyl (C=O) groups is 1. The average Bonchev–Trinajstić information content (AvgIpc) is 3.21. The molecule has 1 aliphatic carbocycles. The van der Waals surface area contributed by atoms with Gasteiger partial charge in [0.15, 0.2) is 0 Å². The smallest absolute Gasteiger partial charge is 0.235 e. The summed E-state index contributed by atoms with van der Waals surface area (Å²) in [5, 5.41) is 6.90. The number of fused-ring (bicyclic) bond motifs is 2. The van der Waals surface area contributed by atoms with Gasteiger partial charge in [0.25, 0.3) is 0 Å². The lowest BCUT2D eigenvalue weighted by molar-refractivity contribution is -0.125. The fraction of sp³-hybridized carbons (Fsp3) is 0.381. The van der Waals surface area contributed by atoms with Gasteiger partial charge in [-0.1, -0.05) is 60.7 Å². The summed E-state index contributed by atoms with van der Waals surface area (Å²) in [6, 6.07) is 20.9. The molecular formula is C21H24N2O. The number of hydrogen-bond donors (Lipinski definition) is 2. The summed E-state index contributed by atoms with van der Waals surface area (Å²) >= 11 is 0. The second-order valence-electron chi connectivity index (χ2n) is 7.21. The maximum absolute atomic E-state index is 13.4. The van der Waals surface area contributed by atoms with Crippen molar-refractivity contribution < 1.29 is 4.79 Å². The Morgan fingerprint density at radius 2 is 1.58 bits per heavy atom. The van der Waals surface area contributed by atoms with Crippen molar-refractivity contribution in [1.82, 2.24) is 10.6 Å². The number of hydrogen-bond acceptors (Lipinski definition) is 2. The first-order valence-corrected chi connectivity index (χ1v) is 8.85. The Hall–Kier alpha value is -2.13. The second-order valence-corrected chi connectivity index (χ2v) is 7.21. The maximum atomic E-state index is 13.4. The van der Waals surface area contributed by atoms with Crippen LogP contribution in [0.25, 0.3) is 0 Å². The zero-order valence-corrected chi connectivity index (χ0v) is 14.0. The minimum atomic E-state index is -0.676. The molecule has 2 N–H and O–H groups in total. The van der Waals surface area contributed by atoms with Crippen LogP contribution in [0.4, 0.5) is 0 Å². The molecule has 1 heterocycles. The summed E-state index contributed by atoms with van der Waals surface area (Å²) in [5.74, 6) is 0.681. The number of nitrogens with one attached hydrogen (secondary N) is 2. The molecule has 1 amide bonds. The van der Waals surface area contributed by atoms with E-state index >= 15 is 0 Å². The van der Waals surface area contributed by atoms with E-state index in [0.717, 1.165) is 17.7 Å². The Kier molecular flexibility index (Phi) is 3.89. The first-order valence-electron chi connectivity index (χ1n) is 8.85. The average molecular weight is 320 g/mol. The third-order valence-electron chi connectivity index (χ3n) is 5.89. The van der Waals surface area contributed by atoms with Crippen LogP contribution >= 0.6 is 0 Å². The van der Waals surface area contributed by atoms with Crippen LogP contribution in [0.1, 0.15) is 30.9 Å². The molecule has 1 saturated heterocycles. The van der Waals surface area contributed by atoms with Gasteiger partial charge in [0, 0.05) is 18.6 Å². The largest absolute Gasteiger partial charge is 0.350 e. The summed E-state index contributed by atoms with van der Waals surface area (Å²) < 4.78 is 0. The highest BCUT2D eigenvalue weighted by Crippen LogP contribution is 2.35. The topological polar surface area (TPSA) is 41.1 Å². The first-order chi connectivity index (χ1) is 11.7. The molecule has 124 valence electrons. The van der Waals surface area contributed by atoms with Gasteiger partial charge < -0.3 is 10.6 Å². The second kappa shape index (κ2) is 6.06. The fourth-order valence-electron chi connectivity index (χ4n) is 4.33. The molecule has 2 fully saturated rings. The molecule has 0 aromatic heterocycles. The summed E-state index contributed by atoms with van der Waals surface area (Å²) in [6.45, 7) is 3.07. The summed E-state index contributed by atoms with van der Waals surface area (Å²) in [5.41, 5.74) is 1.39. The molecule has 0 radical (unpaired) electrons. The standard InChI is InChI=1S/C21H24N2O/c1-21(16-8-4-2-5-9-16,17-10-6-3-7-11-17)20(24)23-19-15-12-13-18(19)22-14-15/h2-11,15,18-19,22H,12-14H2,1H3,(H,23,24). The van der Waals surface area contributed by atoms with E-state index in [4.69, 9.17) is 0 Å². The SMILES string of the molecule is CC(C(=O)NC1C2CCC1NC2)(c1ccccc1)c1ccccc1. The summed E-state index contributed by atoms with van der Waals surface area (Å²) in [4.78, 5) is 13.4. The van der Waals surface area contributed by atoms with Gasteiger partial charge in [-0.3, -0.25) is 4.79 Å². The Morgan fingerprint density at radius 1 is 1.00 bits per heavy atom. The molecule has 2 bridgehead atoms. The lowest BCUT2D eigenvalue weighted by Gasteiger charge is -2.32. The molecule has 2 aliphatic rings. The molecule has 3 heteroatoms. The van der Waals surface area contributed by atoms with Crippen molar-refractivity contribution >= 4 is 5.91 Å². The predicted molar refractivity (Wildman–Crippen MR) is 95.8 cm³/mol. The van der Waals surface area contributed by atoms with E-state index in [-0.39, 0.29) is 11.9 Å². The van der Waals surface area contributed by atoms with Gasteiger partial charge in [-0.25, -0.2) is 0 Å². The zero-order chi connectivity index (χ0) is 16.6. The molecule has 24 heavy (non-hydrogen) atoms. The number of benzene rings is 2. The molecule has 1 saturated carbocycles. The van der Waals surface area contributed by atoms with Crippen LogP contribution < -0.4 is 10.6 Å². The molecule has 3 nitrogen and oxygen atoms in total. The van der Waals surface area contributed by atoms with Crippen molar-refractivity contribution in [2.75, 3.05) is 6.54 Å². The number of rotatable bonds is 4. The Bertz CT molecular complexity index is 654. The van der Waals surface area contributed by atoms with Crippen molar-refractivity contribution in [2.24, 2.45) is 5.92 Å². The lowest BCUT2D eigenvalue weighted by Crippen LogP contribution is -2.50. The van der Waals surface area contributed by atoms with Crippen LogP contribution in [0.15, 0.2) is 60.7 Å². The fourth-order valence-corrected chi connectivity index (χ4v) is 4.33. The maximum Gasteiger partial charge on any atom is 0.235 e. The highest BCUT2D eigenvalue weighted by atomic mass is 16.2.